The van der Waals surface area contributed by atoms with Crippen molar-refractivity contribution in [3.63, 3.8) is 0 Å². The van der Waals surface area contributed by atoms with Gasteiger partial charge in [-0.2, -0.15) is 0 Å². The lowest BCUT2D eigenvalue weighted by atomic mass is 9.86. The molecular weight excluding hydrogens is 430 g/mol. The van der Waals surface area contributed by atoms with Gasteiger partial charge in [-0.25, -0.2) is 9.59 Å². The predicted molar refractivity (Wildman–Crippen MR) is 105 cm³/mol. The Morgan fingerprint density at radius 3 is 2.31 bits per heavy atom. The molecule has 0 aromatic heterocycles. The highest BCUT2D eigenvalue weighted by atomic mass is 16.8. The van der Waals surface area contributed by atoms with Crippen molar-refractivity contribution >= 4 is 17.8 Å². The minimum absolute atomic E-state index is 0.0866. The zero-order chi connectivity index (χ0) is 24.1. The molecule has 32 heavy (non-hydrogen) atoms. The van der Waals surface area contributed by atoms with Crippen LogP contribution < -0.4 is 5.32 Å². The van der Waals surface area contributed by atoms with Gasteiger partial charge < -0.3 is 44.7 Å². The molecule has 178 valence electrons. The normalized spacial score (nSPS) is 29.5. The summed E-state index contributed by atoms with van der Waals surface area (Å²) in [5.41, 5.74) is 0.0866. The molecule has 1 saturated heterocycles. The highest BCUT2D eigenvalue weighted by Crippen LogP contribution is 2.36. The SMILES string of the molecule is COC(=O)[C@@]1(OC)O[C@@H]([C@H](O)[C@H](O)CO)[C@H](NC(C)=O)[C@@H](O)[C@@H]1OC(=O)c1ccccc1. The van der Waals surface area contributed by atoms with E-state index in [-0.39, 0.29) is 5.56 Å². The van der Waals surface area contributed by atoms with Crippen LogP contribution in [-0.4, -0.2) is 101 Å². The molecule has 1 aliphatic heterocycles. The van der Waals surface area contributed by atoms with Crippen molar-refractivity contribution < 1.29 is 53.8 Å². The number of aliphatic hydroxyl groups excluding tert-OH is 4. The predicted octanol–water partition coefficient (Wildman–Crippen LogP) is -2.29. The van der Waals surface area contributed by atoms with E-state index in [1.165, 1.54) is 12.1 Å². The topological polar surface area (TPSA) is 181 Å². The van der Waals surface area contributed by atoms with Crippen LogP contribution in [0.2, 0.25) is 0 Å². The number of methoxy groups -OCH3 is 2. The van der Waals surface area contributed by atoms with Crippen LogP contribution >= 0.6 is 0 Å². The maximum absolute atomic E-state index is 12.7. The summed E-state index contributed by atoms with van der Waals surface area (Å²) in [5.74, 6) is -5.40. The molecule has 2 rings (SSSR count). The van der Waals surface area contributed by atoms with Crippen LogP contribution in [-0.2, 0) is 28.5 Å². The number of hydrogen-bond acceptors (Lipinski definition) is 11. The molecule has 1 aliphatic rings. The van der Waals surface area contributed by atoms with Crippen molar-refractivity contribution in [2.45, 2.75) is 49.3 Å². The fourth-order valence-electron chi connectivity index (χ4n) is 3.42. The van der Waals surface area contributed by atoms with Crippen LogP contribution in [0.3, 0.4) is 0 Å². The second kappa shape index (κ2) is 10.8. The molecule has 0 saturated carbocycles. The molecule has 12 heteroatoms. The summed E-state index contributed by atoms with van der Waals surface area (Å²) in [4.78, 5) is 37.1. The third-order valence-corrected chi connectivity index (χ3v) is 5.02. The average Bonchev–Trinajstić information content (AvgIpc) is 2.80. The van der Waals surface area contributed by atoms with Gasteiger partial charge >= 0.3 is 17.7 Å². The Bertz CT molecular complexity index is 804. The largest absolute Gasteiger partial charge is 0.465 e. The standard InChI is InChI=1S/C20H27NO11/c1-10(23)21-13-15(26)17(31-18(27)11-7-5-4-6-8-11)20(30-3,19(28)29-2)32-16(13)14(25)12(24)9-22/h4-8,12-17,22,24-26H,9H2,1-3H3,(H,21,23)/t12-,13-,14-,15-,16-,17+,20+/m1/s1. The Labute approximate surface area is 183 Å². The van der Waals surface area contributed by atoms with Crippen molar-refractivity contribution in [2.75, 3.05) is 20.8 Å². The zero-order valence-corrected chi connectivity index (χ0v) is 17.7. The smallest absolute Gasteiger partial charge is 0.370 e. The fraction of sp³-hybridized carbons (Fsp3) is 0.550. The van der Waals surface area contributed by atoms with Crippen molar-refractivity contribution in [1.29, 1.82) is 0 Å². The average molecular weight is 457 g/mol. The van der Waals surface area contributed by atoms with E-state index < -0.39 is 66.8 Å². The molecule has 0 bridgehead atoms. The van der Waals surface area contributed by atoms with E-state index in [0.717, 1.165) is 21.1 Å². The quantitative estimate of drug-likeness (QED) is 0.265. The van der Waals surface area contributed by atoms with E-state index in [9.17, 15) is 34.8 Å². The van der Waals surface area contributed by atoms with Gasteiger partial charge in [0.2, 0.25) is 5.91 Å². The van der Waals surface area contributed by atoms with Crippen LogP contribution in [0.25, 0.3) is 0 Å². The van der Waals surface area contributed by atoms with Crippen LogP contribution in [0, 0.1) is 0 Å². The fourth-order valence-corrected chi connectivity index (χ4v) is 3.42. The van der Waals surface area contributed by atoms with Gasteiger partial charge in [-0.05, 0) is 12.1 Å². The number of nitrogens with one attached hydrogen (secondary N) is 1. The van der Waals surface area contributed by atoms with Crippen LogP contribution in [0.4, 0.5) is 0 Å². The number of amides is 1. The van der Waals surface area contributed by atoms with Crippen molar-refractivity contribution in [2.24, 2.45) is 0 Å². The first-order chi connectivity index (χ1) is 15.1. The van der Waals surface area contributed by atoms with Gasteiger partial charge in [0.05, 0.1) is 25.3 Å². The van der Waals surface area contributed by atoms with Crippen molar-refractivity contribution in [3.05, 3.63) is 35.9 Å². The molecule has 0 aliphatic carbocycles. The van der Waals surface area contributed by atoms with E-state index in [4.69, 9.17) is 18.9 Å². The number of hydrogen-bond donors (Lipinski definition) is 5. The van der Waals surface area contributed by atoms with Crippen LogP contribution in [0.15, 0.2) is 30.3 Å². The van der Waals surface area contributed by atoms with Crippen molar-refractivity contribution in [3.8, 4) is 0 Å². The second-order valence-electron chi connectivity index (χ2n) is 7.10. The van der Waals surface area contributed by atoms with E-state index in [1.54, 1.807) is 18.2 Å². The Morgan fingerprint density at radius 1 is 1.19 bits per heavy atom. The molecule has 12 nitrogen and oxygen atoms in total. The van der Waals surface area contributed by atoms with E-state index in [2.05, 4.69) is 5.32 Å². The summed E-state index contributed by atoms with van der Waals surface area (Å²) in [6, 6.07) is 6.18. The van der Waals surface area contributed by atoms with Gasteiger partial charge in [0.25, 0.3) is 0 Å². The molecule has 1 heterocycles. The number of rotatable bonds is 8. The Kier molecular flexibility index (Phi) is 8.66. The number of carbonyl (C=O) groups excluding carboxylic acids is 3. The van der Waals surface area contributed by atoms with Gasteiger partial charge in [-0.1, -0.05) is 18.2 Å². The van der Waals surface area contributed by atoms with Gasteiger partial charge in [-0.15, -0.1) is 0 Å². The number of benzene rings is 1. The summed E-state index contributed by atoms with van der Waals surface area (Å²) >= 11 is 0. The molecule has 0 spiro atoms. The first-order valence-electron chi connectivity index (χ1n) is 9.62. The van der Waals surface area contributed by atoms with E-state index in [0.29, 0.717) is 0 Å². The first kappa shape index (κ1) is 25.6. The minimum atomic E-state index is -2.58. The molecular formula is C20H27NO11. The van der Waals surface area contributed by atoms with E-state index in [1.807, 2.05) is 0 Å². The molecule has 1 amide bonds. The van der Waals surface area contributed by atoms with Crippen LogP contribution in [0.5, 0.6) is 0 Å². The van der Waals surface area contributed by atoms with E-state index >= 15 is 0 Å². The number of esters is 2. The Balaban J connectivity index is 2.54. The monoisotopic (exact) mass is 457 g/mol. The molecule has 5 N–H and O–H groups in total. The minimum Gasteiger partial charge on any atom is -0.465 e. The lowest BCUT2D eigenvalue weighted by Gasteiger charge is -2.49. The number of aliphatic hydroxyl groups is 4. The molecule has 1 aromatic carbocycles. The lowest BCUT2D eigenvalue weighted by Crippen LogP contribution is -2.74. The van der Waals surface area contributed by atoms with Gasteiger partial charge in [-0.3, -0.25) is 4.79 Å². The van der Waals surface area contributed by atoms with Gasteiger partial charge in [0.15, 0.2) is 6.10 Å². The Hall–Kier alpha value is -2.61. The molecule has 0 radical (unpaired) electrons. The lowest BCUT2D eigenvalue weighted by molar-refractivity contribution is -0.340. The zero-order valence-electron chi connectivity index (χ0n) is 17.7. The maximum Gasteiger partial charge on any atom is 0.370 e. The first-order valence-corrected chi connectivity index (χ1v) is 9.62. The summed E-state index contributed by atoms with van der Waals surface area (Å²) in [6.45, 7) is 0.219. The van der Waals surface area contributed by atoms with Gasteiger partial charge in [0, 0.05) is 14.0 Å². The van der Waals surface area contributed by atoms with Crippen molar-refractivity contribution in [1.82, 2.24) is 5.32 Å². The summed E-state index contributed by atoms with van der Waals surface area (Å²) in [5, 5.41) is 42.9. The third kappa shape index (κ3) is 5.06. The molecule has 1 fully saturated rings. The van der Waals surface area contributed by atoms with Gasteiger partial charge in [0.1, 0.15) is 24.4 Å². The molecule has 7 atom stereocenters. The number of ether oxygens (including phenoxy) is 4. The number of carbonyl (C=O) groups is 3. The summed E-state index contributed by atoms with van der Waals surface area (Å²) in [7, 11) is 2.00. The Morgan fingerprint density at radius 2 is 1.81 bits per heavy atom. The third-order valence-electron chi connectivity index (χ3n) is 5.02. The highest BCUT2D eigenvalue weighted by Gasteiger charge is 2.64. The second-order valence-corrected chi connectivity index (χ2v) is 7.10. The summed E-state index contributed by atoms with van der Waals surface area (Å²) in [6.07, 6.45) is -9.07. The summed E-state index contributed by atoms with van der Waals surface area (Å²) < 4.78 is 20.9. The molecule has 0 unspecified atom stereocenters. The van der Waals surface area contributed by atoms with Crippen LogP contribution in [0.1, 0.15) is 17.3 Å². The highest BCUT2D eigenvalue weighted by molar-refractivity contribution is 5.90. The molecule has 1 aromatic rings. The maximum atomic E-state index is 12.7.